The number of carboxylic acid groups (broad SMARTS) is 1. The van der Waals surface area contributed by atoms with E-state index in [2.05, 4.69) is 14.7 Å². The molecule has 0 aromatic carbocycles. The molecular formula is C8H9N3O5. The van der Waals surface area contributed by atoms with Gasteiger partial charge in [0.1, 0.15) is 6.04 Å². The first-order chi connectivity index (χ1) is 7.50. The van der Waals surface area contributed by atoms with Gasteiger partial charge in [-0.3, -0.25) is 0 Å². The van der Waals surface area contributed by atoms with Gasteiger partial charge in [0.05, 0.1) is 6.33 Å². The van der Waals surface area contributed by atoms with Crippen LogP contribution in [0.15, 0.2) is 12.5 Å². The number of carbonyl (C=O) groups is 3. The summed E-state index contributed by atoms with van der Waals surface area (Å²) in [6, 6.07) is -1.12. The van der Waals surface area contributed by atoms with Crippen molar-refractivity contribution in [3.63, 3.8) is 0 Å². The van der Waals surface area contributed by atoms with E-state index in [1.165, 1.54) is 12.5 Å². The Bertz CT molecular complexity index is 400. The smallest absolute Gasteiger partial charge is 0.424 e. The van der Waals surface area contributed by atoms with Crippen LogP contribution in [-0.4, -0.2) is 39.0 Å². The third-order valence-electron chi connectivity index (χ3n) is 1.67. The van der Waals surface area contributed by atoms with Crippen molar-refractivity contribution in [2.24, 2.45) is 5.73 Å². The molecule has 8 nitrogen and oxygen atoms in total. The van der Waals surface area contributed by atoms with E-state index in [-0.39, 0.29) is 6.42 Å². The number of hydrogen-bond donors (Lipinski definition) is 3. The van der Waals surface area contributed by atoms with Gasteiger partial charge in [-0.1, -0.05) is 0 Å². The molecular weight excluding hydrogens is 218 g/mol. The van der Waals surface area contributed by atoms with E-state index >= 15 is 0 Å². The number of nitrogens with two attached hydrogens (primary N) is 1. The van der Waals surface area contributed by atoms with Crippen LogP contribution in [0, 0.1) is 0 Å². The molecule has 1 atom stereocenters. The average Bonchev–Trinajstić information content (AvgIpc) is 2.69. The number of nitrogens with zero attached hydrogens (tertiary/aromatic N) is 1. The van der Waals surface area contributed by atoms with Gasteiger partial charge >= 0.3 is 17.9 Å². The van der Waals surface area contributed by atoms with Crippen molar-refractivity contribution in [1.29, 1.82) is 0 Å². The molecule has 0 saturated heterocycles. The van der Waals surface area contributed by atoms with Crippen molar-refractivity contribution in [3.05, 3.63) is 18.2 Å². The largest absolute Gasteiger partial charge is 0.473 e. The van der Waals surface area contributed by atoms with Crippen molar-refractivity contribution in [3.8, 4) is 0 Å². The van der Waals surface area contributed by atoms with Crippen LogP contribution in [0.2, 0.25) is 0 Å². The topological polar surface area (TPSA) is 135 Å². The summed E-state index contributed by atoms with van der Waals surface area (Å²) in [6.07, 6.45) is 2.92. The molecule has 0 amide bonds. The number of esters is 2. The third-order valence-corrected chi connectivity index (χ3v) is 1.67. The van der Waals surface area contributed by atoms with Crippen LogP contribution in [0.3, 0.4) is 0 Å². The van der Waals surface area contributed by atoms with Crippen molar-refractivity contribution in [2.45, 2.75) is 12.5 Å². The molecule has 0 unspecified atom stereocenters. The van der Waals surface area contributed by atoms with Crippen molar-refractivity contribution in [1.82, 2.24) is 9.97 Å². The van der Waals surface area contributed by atoms with E-state index < -0.39 is 23.9 Å². The number of aromatic nitrogens is 2. The molecule has 1 rings (SSSR count). The molecule has 0 spiro atoms. The van der Waals surface area contributed by atoms with Gasteiger partial charge in [0.15, 0.2) is 0 Å². The molecule has 4 N–H and O–H groups in total. The maximum absolute atomic E-state index is 11.1. The Balaban J connectivity index is 2.48. The highest BCUT2D eigenvalue weighted by atomic mass is 16.6. The highest BCUT2D eigenvalue weighted by molar-refractivity contribution is 6.30. The molecule has 0 aliphatic carbocycles. The summed E-state index contributed by atoms with van der Waals surface area (Å²) in [5, 5.41) is 8.19. The van der Waals surface area contributed by atoms with Crippen LogP contribution >= 0.6 is 0 Å². The summed E-state index contributed by atoms with van der Waals surface area (Å²) >= 11 is 0. The number of aromatic amines is 1. The molecule has 86 valence electrons. The molecule has 0 saturated carbocycles. The molecule has 16 heavy (non-hydrogen) atoms. The second-order valence-corrected chi connectivity index (χ2v) is 2.90. The van der Waals surface area contributed by atoms with Gasteiger partial charge in [-0.25, -0.2) is 19.4 Å². The van der Waals surface area contributed by atoms with Crippen LogP contribution < -0.4 is 5.73 Å². The van der Waals surface area contributed by atoms with Crippen molar-refractivity contribution >= 4 is 17.9 Å². The molecule has 1 heterocycles. The van der Waals surface area contributed by atoms with Crippen LogP contribution in [0.4, 0.5) is 0 Å². The normalized spacial score (nSPS) is 11.8. The Morgan fingerprint density at radius 3 is 2.75 bits per heavy atom. The molecule has 0 aliphatic heterocycles. The van der Waals surface area contributed by atoms with Gasteiger partial charge in [-0.15, -0.1) is 0 Å². The van der Waals surface area contributed by atoms with Gasteiger partial charge in [-0.2, -0.15) is 0 Å². The number of rotatable bonds is 3. The fraction of sp³-hybridized carbons (Fsp3) is 0.250. The van der Waals surface area contributed by atoms with E-state index in [4.69, 9.17) is 10.8 Å². The highest BCUT2D eigenvalue weighted by Gasteiger charge is 2.23. The quantitative estimate of drug-likeness (QED) is 0.322. The zero-order chi connectivity index (χ0) is 12.1. The summed E-state index contributed by atoms with van der Waals surface area (Å²) in [5.41, 5.74) is 5.97. The Morgan fingerprint density at radius 1 is 1.56 bits per heavy atom. The first kappa shape index (κ1) is 11.9. The lowest BCUT2D eigenvalue weighted by atomic mass is 10.2. The summed E-state index contributed by atoms with van der Waals surface area (Å²) in [4.78, 5) is 38.1. The molecule has 8 heteroatoms. The Hall–Kier alpha value is -2.22. The van der Waals surface area contributed by atoms with Gasteiger partial charge in [0.2, 0.25) is 0 Å². The number of imidazole rings is 1. The zero-order valence-corrected chi connectivity index (χ0v) is 8.04. The van der Waals surface area contributed by atoms with E-state index in [1.54, 1.807) is 0 Å². The van der Waals surface area contributed by atoms with Gasteiger partial charge < -0.3 is 20.6 Å². The second kappa shape index (κ2) is 5.03. The number of carbonyl (C=O) groups excluding carboxylic acids is 2. The second-order valence-electron chi connectivity index (χ2n) is 2.90. The molecule has 1 aromatic heterocycles. The monoisotopic (exact) mass is 227 g/mol. The first-order valence-electron chi connectivity index (χ1n) is 4.22. The number of aliphatic carboxylic acids is 1. The Labute approximate surface area is 89.4 Å². The van der Waals surface area contributed by atoms with E-state index in [0.29, 0.717) is 5.69 Å². The van der Waals surface area contributed by atoms with E-state index in [1.807, 2.05) is 0 Å². The zero-order valence-electron chi connectivity index (χ0n) is 8.04. The summed E-state index contributed by atoms with van der Waals surface area (Å²) in [5.74, 6) is -4.59. The summed E-state index contributed by atoms with van der Waals surface area (Å²) in [6.45, 7) is 0. The van der Waals surface area contributed by atoms with Crippen molar-refractivity contribution < 1.29 is 24.2 Å². The standard InChI is InChI=1S/C8H9N3O5/c9-5(1-4-2-10-3-11-4)7(14)16-8(15)6(12)13/h2-3,5H,1,9H2,(H,10,11)(H,12,13)/t5-/m0/s1. The summed E-state index contributed by atoms with van der Waals surface area (Å²) < 4.78 is 3.99. The highest BCUT2D eigenvalue weighted by Crippen LogP contribution is 1.98. The predicted molar refractivity (Wildman–Crippen MR) is 49.0 cm³/mol. The molecule has 0 aliphatic rings. The number of carboxylic acids is 1. The summed E-state index contributed by atoms with van der Waals surface area (Å²) in [7, 11) is 0. The molecule has 0 radical (unpaired) electrons. The Morgan fingerprint density at radius 2 is 2.25 bits per heavy atom. The van der Waals surface area contributed by atoms with Crippen LogP contribution in [0.25, 0.3) is 0 Å². The molecule has 0 bridgehead atoms. The van der Waals surface area contributed by atoms with Crippen LogP contribution in [0.1, 0.15) is 5.69 Å². The van der Waals surface area contributed by atoms with Crippen LogP contribution in [-0.2, 0) is 25.5 Å². The number of hydrogen-bond acceptors (Lipinski definition) is 6. The Kier molecular flexibility index (Phi) is 3.72. The van der Waals surface area contributed by atoms with Crippen molar-refractivity contribution in [2.75, 3.05) is 0 Å². The average molecular weight is 227 g/mol. The van der Waals surface area contributed by atoms with Crippen LogP contribution in [0.5, 0.6) is 0 Å². The maximum atomic E-state index is 11.1. The van der Waals surface area contributed by atoms with Gasteiger partial charge in [0.25, 0.3) is 0 Å². The molecule has 0 fully saturated rings. The van der Waals surface area contributed by atoms with Gasteiger partial charge in [-0.05, 0) is 0 Å². The maximum Gasteiger partial charge on any atom is 0.424 e. The minimum Gasteiger partial charge on any atom is -0.473 e. The molecule has 1 aromatic rings. The SMILES string of the molecule is N[C@@H](Cc1cnc[nH]1)C(=O)OC(=O)C(=O)O. The lowest BCUT2D eigenvalue weighted by molar-refractivity contribution is -0.171. The third kappa shape index (κ3) is 3.17. The lowest BCUT2D eigenvalue weighted by Crippen LogP contribution is -2.37. The van der Waals surface area contributed by atoms with Gasteiger partial charge in [0, 0.05) is 18.3 Å². The number of H-pyrrole nitrogens is 1. The fourth-order valence-electron chi connectivity index (χ4n) is 0.927. The van der Waals surface area contributed by atoms with E-state index in [0.717, 1.165) is 0 Å². The number of nitrogens with one attached hydrogen (secondary N) is 1. The minimum atomic E-state index is -1.85. The lowest BCUT2D eigenvalue weighted by Gasteiger charge is -2.07. The predicted octanol–water partition coefficient (Wildman–Crippen LogP) is -1.57. The number of ether oxygens (including phenoxy) is 1. The van der Waals surface area contributed by atoms with E-state index in [9.17, 15) is 14.4 Å². The fourth-order valence-corrected chi connectivity index (χ4v) is 0.927. The minimum absolute atomic E-state index is 0.0751. The first-order valence-corrected chi connectivity index (χ1v) is 4.22.